The number of carbonyl (C=O) groups excluding carboxylic acids is 1. The smallest absolute Gasteiger partial charge is 0.256 e. The molecule has 1 fully saturated rings. The van der Waals surface area contributed by atoms with Crippen LogP contribution in [0.25, 0.3) is 11.0 Å². The topological polar surface area (TPSA) is 84.1 Å². The number of carbonyl (C=O) groups is 1. The summed E-state index contributed by atoms with van der Waals surface area (Å²) in [6, 6.07) is 11.8. The molecule has 7 heteroatoms. The fraction of sp³-hybridized carbons (Fsp3) is 0.273. The number of nitrogens with zero attached hydrogens (tertiary/aromatic N) is 1. The van der Waals surface area contributed by atoms with Gasteiger partial charge < -0.3 is 19.6 Å². The molecule has 1 aliphatic heterocycles. The van der Waals surface area contributed by atoms with E-state index in [1.807, 2.05) is 6.92 Å². The van der Waals surface area contributed by atoms with Crippen LogP contribution in [0.3, 0.4) is 0 Å². The number of fused-ring (bicyclic) bond motifs is 1. The Kier molecular flexibility index (Phi) is 5.56. The number of ether oxygens (including phenoxy) is 1. The van der Waals surface area contributed by atoms with Gasteiger partial charge in [0.2, 0.25) is 5.55 Å². The molecule has 0 unspecified atom stereocenters. The third kappa shape index (κ3) is 4.44. The highest BCUT2D eigenvalue weighted by atomic mass is 35.5. The predicted molar refractivity (Wildman–Crippen MR) is 111 cm³/mol. The van der Waals surface area contributed by atoms with Crippen LogP contribution >= 0.6 is 11.6 Å². The lowest BCUT2D eigenvalue weighted by molar-refractivity contribution is 0.0854. The Morgan fingerprint density at radius 3 is 2.90 bits per heavy atom. The van der Waals surface area contributed by atoms with Crippen molar-refractivity contribution in [2.75, 3.05) is 13.2 Å². The summed E-state index contributed by atoms with van der Waals surface area (Å²) in [6.07, 6.45) is 1.97. The zero-order chi connectivity index (χ0) is 20.4. The van der Waals surface area contributed by atoms with Crippen LogP contribution in [0, 0.1) is 6.92 Å². The van der Waals surface area contributed by atoms with Crippen LogP contribution in [0.5, 0.6) is 5.75 Å². The summed E-state index contributed by atoms with van der Waals surface area (Å²) >= 11 is 6.03. The van der Waals surface area contributed by atoms with Crippen molar-refractivity contribution < 1.29 is 19.1 Å². The standard InChI is InChI=1S/C22H21ClN2O4/c1-13-9-15(23)5-7-19(13)25-22-18(21(27)24-12-17-3-2-8-28-17)10-14-4-6-16(26)11-20(14)29-22/h4-7,9-11,17,26H,2-3,8,12H2,1H3,(H,24,27)/t17-/m0/s1. The number of nitrogens with one attached hydrogen (secondary N) is 1. The van der Waals surface area contributed by atoms with E-state index in [0.29, 0.717) is 33.8 Å². The van der Waals surface area contributed by atoms with Gasteiger partial charge >= 0.3 is 0 Å². The van der Waals surface area contributed by atoms with Gasteiger partial charge in [0, 0.05) is 29.6 Å². The average molecular weight is 413 g/mol. The van der Waals surface area contributed by atoms with Crippen LogP contribution in [-0.4, -0.2) is 30.3 Å². The molecule has 2 N–H and O–H groups in total. The van der Waals surface area contributed by atoms with Gasteiger partial charge in [0.05, 0.1) is 11.8 Å². The lowest BCUT2D eigenvalue weighted by Crippen LogP contribution is -2.34. The molecule has 6 nitrogen and oxygen atoms in total. The lowest BCUT2D eigenvalue weighted by Gasteiger charge is -2.11. The molecule has 0 saturated carbocycles. The summed E-state index contributed by atoms with van der Waals surface area (Å²) in [7, 11) is 0. The molecule has 0 bridgehead atoms. The molecule has 4 rings (SSSR count). The Balaban J connectivity index is 1.78. The summed E-state index contributed by atoms with van der Waals surface area (Å²) in [5.74, 6) is -0.213. The van der Waals surface area contributed by atoms with Crippen molar-refractivity contribution in [1.82, 2.24) is 5.32 Å². The molecule has 1 aliphatic rings. The Morgan fingerprint density at radius 1 is 1.28 bits per heavy atom. The molecule has 0 aliphatic carbocycles. The Bertz CT molecular complexity index is 1130. The minimum atomic E-state index is -0.287. The third-order valence-corrected chi connectivity index (χ3v) is 5.11. The first-order valence-electron chi connectivity index (χ1n) is 9.47. The van der Waals surface area contributed by atoms with E-state index in [9.17, 15) is 9.90 Å². The number of amides is 1. The van der Waals surface area contributed by atoms with Crippen molar-refractivity contribution in [1.29, 1.82) is 0 Å². The first kappa shape index (κ1) is 19.5. The summed E-state index contributed by atoms with van der Waals surface area (Å²) in [6.45, 7) is 3.05. The number of rotatable bonds is 4. The van der Waals surface area contributed by atoms with E-state index in [1.54, 1.807) is 36.4 Å². The molecule has 0 spiro atoms. The number of aromatic hydroxyl groups is 1. The zero-order valence-corrected chi connectivity index (χ0v) is 16.7. The van der Waals surface area contributed by atoms with E-state index in [0.717, 1.165) is 25.0 Å². The second-order valence-corrected chi connectivity index (χ2v) is 7.51. The highest BCUT2D eigenvalue weighted by Crippen LogP contribution is 2.23. The van der Waals surface area contributed by atoms with Gasteiger partial charge in [-0.05, 0) is 61.7 Å². The van der Waals surface area contributed by atoms with E-state index < -0.39 is 0 Å². The van der Waals surface area contributed by atoms with E-state index in [-0.39, 0.29) is 23.3 Å². The van der Waals surface area contributed by atoms with E-state index in [4.69, 9.17) is 20.8 Å². The summed E-state index contributed by atoms with van der Waals surface area (Å²) in [5.41, 5.74) is 2.42. The van der Waals surface area contributed by atoms with Crippen molar-refractivity contribution in [3.63, 3.8) is 0 Å². The van der Waals surface area contributed by atoms with Crippen molar-refractivity contribution in [2.24, 2.45) is 4.99 Å². The monoisotopic (exact) mass is 412 g/mol. The molecule has 1 atom stereocenters. The van der Waals surface area contributed by atoms with Gasteiger partial charge in [-0.25, -0.2) is 4.99 Å². The number of aryl methyl sites for hydroxylation is 1. The quantitative estimate of drug-likeness (QED) is 0.671. The van der Waals surface area contributed by atoms with Gasteiger partial charge in [0.15, 0.2) is 0 Å². The Hall–Kier alpha value is -2.83. The molecule has 29 heavy (non-hydrogen) atoms. The van der Waals surface area contributed by atoms with Gasteiger partial charge in [-0.3, -0.25) is 4.79 Å². The maximum atomic E-state index is 12.9. The minimum absolute atomic E-state index is 0.0344. The van der Waals surface area contributed by atoms with Gasteiger partial charge in [0.25, 0.3) is 5.91 Å². The highest BCUT2D eigenvalue weighted by Gasteiger charge is 2.18. The first-order valence-corrected chi connectivity index (χ1v) is 9.85. The second kappa shape index (κ2) is 8.27. The van der Waals surface area contributed by atoms with Gasteiger partial charge in [-0.1, -0.05) is 11.6 Å². The van der Waals surface area contributed by atoms with Crippen molar-refractivity contribution in [2.45, 2.75) is 25.9 Å². The predicted octanol–water partition coefficient (Wildman–Crippen LogP) is 4.24. The molecular weight excluding hydrogens is 392 g/mol. The van der Waals surface area contributed by atoms with Crippen LogP contribution in [0.4, 0.5) is 5.69 Å². The summed E-state index contributed by atoms with van der Waals surface area (Å²) < 4.78 is 11.5. The van der Waals surface area contributed by atoms with E-state index in [1.165, 1.54) is 6.07 Å². The average Bonchev–Trinajstić information content (AvgIpc) is 3.21. The van der Waals surface area contributed by atoms with Crippen LogP contribution in [0.2, 0.25) is 5.02 Å². The maximum absolute atomic E-state index is 12.9. The van der Waals surface area contributed by atoms with Crippen molar-refractivity contribution in [3.8, 4) is 5.75 Å². The van der Waals surface area contributed by atoms with Gasteiger partial charge in [0.1, 0.15) is 16.9 Å². The van der Waals surface area contributed by atoms with Gasteiger partial charge in [-0.15, -0.1) is 0 Å². The fourth-order valence-corrected chi connectivity index (χ4v) is 3.54. The molecule has 2 heterocycles. The van der Waals surface area contributed by atoms with Crippen molar-refractivity contribution >= 4 is 34.2 Å². The number of hydrogen-bond acceptors (Lipinski definition) is 5. The molecule has 150 valence electrons. The number of benzene rings is 2. The van der Waals surface area contributed by atoms with Crippen LogP contribution < -0.4 is 10.9 Å². The maximum Gasteiger partial charge on any atom is 0.256 e. The van der Waals surface area contributed by atoms with Crippen molar-refractivity contribution in [3.05, 3.63) is 64.2 Å². The highest BCUT2D eigenvalue weighted by molar-refractivity contribution is 6.30. The van der Waals surface area contributed by atoms with E-state index in [2.05, 4.69) is 10.3 Å². The molecule has 1 saturated heterocycles. The number of halogens is 1. The molecule has 3 aromatic rings. The van der Waals surface area contributed by atoms with Gasteiger partial charge in [-0.2, -0.15) is 0 Å². The van der Waals surface area contributed by atoms with Crippen LogP contribution in [-0.2, 0) is 4.74 Å². The van der Waals surface area contributed by atoms with Crippen LogP contribution in [0.15, 0.2) is 51.9 Å². The summed E-state index contributed by atoms with van der Waals surface area (Å²) in [5, 5.41) is 14.0. The molecular formula is C22H21ClN2O4. The SMILES string of the molecule is Cc1cc(Cl)ccc1N=c1oc2cc(O)ccc2cc1C(=O)NC[C@@H]1CCCO1. The number of phenols is 1. The Morgan fingerprint density at radius 2 is 2.14 bits per heavy atom. The zero-order valence-electron chi connectivity index (χ0n) is 15.9. The number of hydrogen-bond donors (Lipinski definition) is 2. The largest absolute Gasteiger partial charge is 0.508 e. The minimum Gasteiger partial charge on any atom is -0.508 e. The fourth-order valence-electron chi connectivity index (χ4n) is 3.31. The summed E-state index contributed by atoms with van der Waals surface area (Å²) in [4.78, 5) is 17.5. The van der Waals surface area contributed by atoms with Crippen LogP contribution in [0.1, 0.15) is 28.8 Å². The third-order valence-electron chi connectivity index (χ3n) is 4.87. The second-order valence-electron chi connectivity index (χ2n) is 7.08. The molecule has 1 aromatic heterocycles. The first-order chi connectivity index (χ1) is 14.0. The molecule has 1 amide bonds. The van der Waals surface area contributed by atoms with E-state index >= 15 is 0 Å². The Labute approximate surface area is 172 Å². The molecule has 2 aromatic carbocycles. The normalized spacial score (nSPS) is 17.0. The number of phenolic OH excluding ortho intramolecular Hbond substituents is 1. The lowest BCUT2D eigenvalue weighted by atomic mass is 10.1. The molecule has 0 radical (unpaired) electrons.